The summed E-state index contributed by atoms with van der Waals surface area (Å²) < 4.78 is 61.2. The Kier molecular flexibility index (Phi) is 5.82. The van der Waals surface area contributed by atoms with Gasteiger partial charge in [-0.1, -0.05) is 0 Å². The summed E-state index contributed by atoms with van der Waals surface area (Å²) in [6.45, 7) is -0.548. The number of amides is 1. The van der Waals surface area contributed by atoms with Gasteiger partial charge in [0.2, 0.25) is 5.95 Å². The van der Waals surface area contributed by atoms with Gasteiger partial charge in [-0.25, -0.2) is 26.6 Å². The zero-order chi connectivity index (χ0) is 20.5. The minimum absolute atomic E-state index is 0.114. The maximum absolute atomic E-state index is 15.1. The first kappa shape index (κ1) is 20.4. The Labute approximate surface area is 171 Å². The molecule has 0 aromatic carbocycles. The second-order valence-electron chi connectivity index (χ2n) is 5.37. The third-order valence-electron chi connectivity index (χ3n) is 3.68. The van der Waals surface area contributed by atoms with E-state index in [0.29, 0.717) is 3.97 Å². The average Bonchev–Trinajstić information content (AvgIpc) is 3.24. The number of alkyl carbamates (subject to hydrolysis) is 1. The van der Waals surface area contributed by atoms with Crippen LogP contribution in [0, 0.1) is 11.8 Å². The van der Waals surface area contributed by atoms with Gasteiger partial charge in [-0.3, -0.25) is 0 Å². The molecule has 3 rings (SSSR count). The van der Waals surface area contributed by atoms with Crippen molar-refractivity contribution in [3.8, 4) is 11.3 Å². The Morgan fingerprint density at radius 2 is 2.14 bits per heavy atom. The number of nitrogens with one attached hydrogen (secondary N) is 1. The van der Waals surface area contributed by atoms with E-state index in [9.17, 15) is 17.6 Å². The molecule has 0 saturated heterocycles. The van der Waals surface area contributed by atoms with Gasteiger partial charge in [0.05, 0.1) is 5.56 Å². The maximum atomic E-state index is 15.1. The predicted octanol–water partition coefficient (Wildman–Crippen LogP) is 3.75. The lowest BCUT2D eigenvalue weighted by molar-refractivity contribution is 0.141. The molecule has 1 N–H and O–H groups in total. The lowest BCUT2D eigenvalue weighted by Gasteiger charge is -2.10. The van der Waals surface area contributed by atoms with Gasteiger partial charge in [-0.15, -0.1) is 11.3 Å². The molecule has 3 aromatic heterocycles. The van der Waals surface area contributed by atoms with Gasteiger partial charge in [0.1, 0.15) is 17.2 Å². The summed E-state index contributed by atoms with van der Waals surface area (Å²) in [5, 5.41) is 5.10. The van der Waals surface area contributed by atoms with E-state index in [1.54, 1.807) is 5.38 Å². The van der Waals surface area contributed by atoms with Crippen LogP contribution < -0.4 is 5.32 Å². The van der Waals surface area contributed by atoms with Crippen molar-refractivity contribution in [1.29, 1.82) is 0 Å². The van der Waals surface area contributed by atoms with Gasteiger partial charge in [-0.2, -0.15) is 4.39 Å². The molecule has 0 saturated carbocycles. The van der Waals surface area contributed by atoms with Crippen molar-refractivity contribution in [2.45, 2.75) is 11.5 Å². The molecule has 0 fully saturated rings. The molecule has 0 aliphatic heterocycles. The second-order valence-corrected chi connectivity index (χ2v) is 8.75. The van der Waals surface area contributed by atoms with Crippen LogP contribution in [0.5, 0.6) is 0 Å². The summed E-state index contributed by atoms with van der Waals surface area (Å²) in [5.41, 5.74) is -1.13. The number of rotatable bonds is 5. The number of halogens is 3. The zero-order valence-electron chi connectivity index (χ0n) is 14.1. The highest BCUT2D eigenvalue weighted by Crippen LogP contribution is 2.35. The van der Waals surface area contributed by atoms with Crippen molar-refractivity contribution in [2.75, 3.05) is 7.05 Å². The lowest BCUT2D eigenvalue weighted by atomic mass is 10.2. The number of nitrogens with zero attached hydrogens (tertiary/aromatic N) is 2. The van der Waals surface area contributed by atoms with Crippen LogP contribution in [0.1, 0.15) is 5.56 Å². The van der Waals surface area contributed by atoms with Crippen LogP contribution in [0.3, 0.4) is 0 Å². The Bertz CT molecular complexity index is 1140. The molecule has 28 heavy (non-hydrogen) atoms. The van der Waals surface area contributed by atoms with Crippen LogP contribution >= 0.6 is 27.3 Å². The molecule has 0 aliphatic carbocycles. The second kappa shape index (κ2) is 7.97. The van der Waals surface area contributed by atoms with E-state index in [1.807, 2.05) is 0 Å². The minimum Gasteiger partial charge on any atom is -0.445 e. The molecular weight excluding hydrogens is 480 g/mol. The minimum atomic E-state index is -4.28. The van der Waals surface area contributed by atoms with E-state index in [2.05, 4.69) is 26.2 Å². The van der Waals surface area contributed by atoms with Crippen LogP contribution in [-0.4, -0.2) is 30.5 Å². The number of hydrogen-bond donors (Lipinski definition) is 1. The fraction of sp³-hybridized carbons (Fsp3) is 0.125. The molecular formula is C16H12BrF2N3O4S2. The molecule has 148 valence electrons. The van der Waals surface area contributed by atoms with Crippen LogP contribution in [0.25, 0.3) is 11.3 Å². The molecule has 3 aromatic rings. The smallest absolute Gasteiger partial charge is 0.407 e. The Morgan fingerprint density at radius 3 is 2.75 bits per heavy atom. The third kappa shape index (κ3) is 3.66. The van der Waals surface area contributed by atoms with Crippen LogP contribution in [0.4, 0.5) is 13.6 Å². The molecule has 7 nitrogen and oxygen atoms in total. The van der Waals surface area contributed by atoms with E-state index in [1.165, 1.54) is 24.6 Å². The Hall–Kier alpha value is -2.31. The third-order valence-corrected chi connectivity index (χ3v) is 7.49. The van der Waals surface area contributed by atoms with Crippen molar-refractivity contribution in [3.05, 3.63) is 57.1 Å². The number of aromatic nitrogens is 2. The number of carbonyl (C=O) groups excluding carboxylic acids is 1. The summed E-state index contributed by atoms with van der Waals surface area (Å²) in [4.78, 5) is 14.6. The lowest BCUT2D eigenvalue weighted by Crippen LogP contribution is -2.19. The topological polar surface area (TPSA) is 90.3 Å². The first-order valence-corrected chi connectivity index (χ1v) is 10.8. The average molecular weight is 492 g/mol. The van der Waals surface area contributed by atoms with Crippen molar-refractivity contribution in [1.82, 2.24) is 14.3 Å². The number of hydrogen-bond acceptors (Lipinski definition) is 6. The summed E-state index contributed by atoms with van der Waals surface area (Å²) in [6, 6.07) is 2.56. The number of pyridine rings is 1. The van der Waals surface area contributed by atoms with Crippen LogP contribution in [0.2, 0.25) is 0 Å². The highest BCUT2D eigenvalue weighted by molar-refractivity contribution is 9.10. The maximum Gasteiger partial charge on any atom is 0.407 e. The largest absolute Gasteiger partial charge is 0.445 e. The molecule has 12 heteroatoms. The van der Waals surface area contributed by atoms with Crippen molar-refractivity contribution < 1.29 is 26.7 Å². The van der Waals surface area contributed by atoms with Crippen molar-refractivity contribution >= 4 is 43.4 Å². The fourth-order valence-corrected chi connectivity index (χ4v) is 6.08. The Morgan fingerprint density at radius 1 is 1.39 bits per heavy atom. The van der Waals surface area contributed by atoms with Gasteiger partial charge in [0.15, 0.2) is 5.82 Å². The van der Waals surface area contributed by atoms with Crippen molar-refractivity contribution in [2.24, 2.45) is 0 Å². The molecule has 3 heterocycles. The van der Waals surface area contributed by atoms with E-state index >= 15 is 4.39 Å². The standard InChI is InChI=1S/C16H12BrF2N3O4S2/c1-20-16(23)26-6-9-5-22(28(24,25)12-8-27-7-11(12)17)14(13(9)18)10-3-2-4-21-15(10)19/h2-5,7-8H,6H2,1H3,(H,20,23). The number of ether oxygens (including phenoxy) is 1. The summed E-state index contributed by atoms with van der Waals surface area (Å²) in [7, 11) is -2.96. The number of carbonyl (C=O) groups is 1. The Balaban J connectivity index is 2.22. The monoisotopic (exact) mass is 491 g/mol. The van der Waals surface area contributed by atoms with E-state index < -0.39 is 40.2 Å². The first-order valence-electron chi connectivity index (χ1n) is 7.59. The highest BCUT2D eigenvalue weighted by atomic mass is 79.9. The first-order chi connectivity index (χ1) is 13.3. The fourth-order valence-electron chi connectivity index (χ4n) is 2.38. The highest BCUT2D eigenvalue weighted by Gasteiger charge is 2.30. The molecule has 1 amide bonds. The summed E-state index contributed by atoms with van der Waals surface area (Å²) >= 11 is 4.26. The van der Waals surface area contributed by atoms with Gasteiger partial charge < -0.3 is 10.1 Å². The SMILES string of the molecule is CNC(=O)OCc1cn(S(=O)(=O)c2cscc2Br)c(-c2cccnc2F)c1F. The van der Waals surface area contributed by atoms with Gasteiger partial charge >= 0.3 is 6.09 Å². The quantitative estimate of drug-likeness (QED) is 0.549. The molecule has 0 aliphatic rings. The molecule has 0 spiro atoms. The molecule has 0 unspecified atom stereocenters. The predicted molar refractivity (Wildman–Crippen MR) is 101 cm³/mol. The van der Waals surface area contributed by atoms with E-state index in [-0.39, 0.29) is 20.5 Å². The van der Waals surface area contributed by atoms with Crippen LogP contribution in [-0.2, 0) is 21.4 Å². The number of thiophene rings is 1. The normalized spacial score (nSPS) is 11.4. The van der Waals surface area contributed by atoms with Gasteiger partial charge in [0, 0.05) is 40.2 Å². The molecule has 0 radical (unpaired) electrons. The van der Waals surface area contributed by atoms with Gasteiger partial charge in [0.25, 0.3) is 10.0 Å². The molecule has 0 atom stereocenters. The summed E-state index contributed by atoms with van der Waals surface area (Å²) in [6.07, 6.45) is 1.29. The summed E-state index contributed by atoms with van der Waals surface area (Å²) in [5.74, 6) is -2.08. The van der Waals surface area contributed by atoms with E-state index in [4.69, 9.17) is 4.74 Å². The van der Waals surface area contributed by atoms with Crippen molar-refractivity contribution in [3.63, 3.8) is 0 Å². The van der Waals surface area contributed by atoms with E-state index in [0.717, 1.165) is 23.7 Å². The zero-order valence-corrected chi connectivity index (χ0v) is 17.4. The van der Waals surface area contributed by atoms with Crippen LogP contribution in [0.15, 0.2) is 44.7 Å². The van der Waals surface area contributed by atoms with Gasteiger partial charge in [-0.05, 0) is 28.1 Å². The molecule has 0 bridgehead atoms.